The lowest BCUT2D eigenvalue weighted by Crippen LogP contribution is -2.27. The number of ether oxygens (including phenoxy) is 1. The number of nitro benzene ring substituents is 1. The van der Waals surface area contributed by atoms with E-state index in [1.54, 1.807) is 6.92 Å². The van der Waals surface area contributed by atoms with E-state index in [0.29, 0.717) is 0 Å². The van der Waals surface area contributed by atoms with Crippen LogP contribution in [0, 0.1) is 15.9 Å². The molecule has 1 aromatic carbocycles. The van der Waals surface area contributed by atoms with Crippen LogP contribution in [0.5, 0.6) is 0 Å². The van der Waals surface area contributed by atoms with Crippen molar-refractivity contribution in [2.75, 3.05) is 25.1 Å². The van der Waals surface area contributed by atoms with Crippen LogP contribution >= 0.6 is 15.9 Å². The van der Waals surface area contributed by atoms with Gasteiger partial charge in [0.2, 0.25) is 0 Å². The van der Waals surface area contributed by atoms with Crippen molar-refractivity contribution in [2.45, 2.75) is 6.92 Å². The zero-order chi connectivity index (χ0) is 14.6. The van der Waals surface area contributed by atoms with Crippen LogP contribution < -0.4 is 4.90 Å². The van der Waals surface area contributed by atoms with Crippen molar-refractivity contribution >= 4 is 33.3 Å². The van der Waals surface area contributed by atoms with Crippen LogP contribution in [0.4, 0.5) is 15.8 Å². The van der Waals surface area contributed by atoms with Crippen molar-refractivity contribution in [2.24, 2.45) is 0 Å². The third-order valence-electron chi connectivity index (χ3n) is 2.30. The monoisotopic (exact) mass is 334 g/mol. The Morgan fingerprint density at radius 1 is 1.58 bits per heavy atom. The fourth-order valence-electron chi connectivity index (χ4n) is 1.46. The molecule has 0 aliphatic heterocycles. The zero-order valence-electron chi connectivity index (χ0n) is 10.4. The lowest BCUT2D eigenvalue weighted by atomic mass is 10.2. The average Bonchev–Trinajstić information content (AvgIpc) is 2.31. The van der Waals surface area contributed by atoms with Crippen molar-refractivity contribution in [1.82, 2.24) is 0 Å². The highest BCUT2D eigenvalue weighted by Gasteiger charge is 2.22. The number of anilines is 1. The summed E-state index contributed by atoms with van der Waals surface area (Å²) in [5.74, 6) is -1.25. The van der Waals surface area contributed by atoms with Crippen molar-refractivity contribution in [3.63, 3.8) is 0 Å². The first-order valence-corrected chi connectivity index (χ1v) is 6.16. The van der Waals surface area contributed by atoms with Gasteiger partial charge in [0.05, 0.1) is 22.1 Å². The Bertz CT molecular complexity index is 510. The fourth-order valence-corrected chi connectivity index (χ4v) is 1.79. The minimum atomic E-state index is -0.736. The molecular formula is C11H12BrFN2O4. The van der Waals surface area contributed by atoms with Crippen LogP contribution in [-0.4, -0.2) is 31.1 Å². The van der Waals surface area contributed by atoms with Gasteiger partial charge < -0.3 is 9.64 Å². The standard InChI is InChI=1S/C11H12BrFN2O4/c1-3-19-11(16)6-14(2)9-4-7(12)8(13)5-10(9)15(17)18/h4-5H,3,6H2,1-2H3. The Kier molecular flexibility index (Phi) is 5.22. The van der Waals surface area contributed by atoms with Crippen molar-refractivity contribution < 1.29 is 18.8 Å². The molecule has 0 spiro atoms. The van der Waals surface area contributed by atoms with E-state index in [-0.39, 0.29) is 23.3 Å². The molecule has 1 rings (SSSR count). The Hall–Kier alpha value is -1.70. The highest BCUT2D eigenvalue weighted by Crippen LogP contribution is 2.32. The molecule has 0 aromatic heterocycles. The first kappa shape index (κ1) is 15.4. The summed E-state index contributed by atoms with van der Waals surface area (Å²) < 4.78 is 18.1. The van der Waals surface area contributed by atoms with Crippen molar-refractivity contribution in [3.8, 4) is 0 Å². The van der Waals surface area contributed by atoms with Gasteiger partial charge in [-0.05, 0) is 28.9 Å². The maximum atomic E-state index is 13.3. The number of rotatable bonds is 5. The number of hydrogen-bond donors (Lipinski definition) is 0. The molecule has 0 aliphatic rings. The Balaban J connectivity index is 3.07. The van der Waals surface area contributed by atoms with E-state index in [0.717, 1.165) is 6.07 Å². The van der Waals surface area contributed by atoms with Gasteiger partial charge in [0.15, 0.2) is 0 Å². The highest BCUT2D eigenvalue weighted by atomic mass is 79.9. The molecule has 0 amide bonds. The molecule has 0 fully saturated rings. The molecule has 0 saturated heterocycles. The van der Waals surface area contributed by atoms with Gasteiger partial charge in [-0.15, -0.1) is 0 Å². The summed E-state index contributed by atoms with van der Waals surface area (Å²) in [4.78, 5) is 22.9. The third kappa shape index (κ3) is 3.88. The highest BCUT2D eigenvalue weighted by molar-refractivity contribution is 9.10. The summed E-state index contributed by atoms with van der Waals surface area (Å²) in [5.41, 5.74) is -0.279. The van der Waals surface area contributed by atoms with Crippen LogP contribution in [-0.2, 0) is 9.53 Å². The van der Waals surface area contributed by atoms with E-state index < -0.39 is 22.4 Å². The van der Waals surface area contributed by atoms with Gasteiger partial charge in [-0.25, -0.2) is 4.39 Å². The fraction of sp³-hybridized carbons (Fsp3) is 0.364. The van der Waals surface area contributed by atoms with Gasteiger partial charge in [0.1, 0.15) is 18.0 Å². The van der Waals surface area contributed by atoms with E-state index in [9.17, 15) is 19.3 Å². The average molecular weight is 335 g/mol. The van der Waals surface area contributed by atoms with Gasteiger partial charge in [0, 0.05) is 7.05 Å². The number of benzene rings is 1. The van der Waals surface area contributed by atoms with E-state index in [2.05, 4.69) is 15.9 Å². The molecule has 0 unspecified atom stereocenters. The van der Waals surface area contributed by atoms with Crippen LogP contribution in [0.1, 0.15) is 6.92 Å². The number of nitrogens with zero attached hydrogens (tertiary/aromatic N) is 2. The van der Waals surface area contributed by atoms with Gasteiger partial charge in [-0.3, -0.25) is 14.9 Å². The molecular weight excluding hydrogens is 323 g/mol. The van der Waals surface area contributed by atoms with Gasteiger partial charge in [-0.2, -0.15) is 0 Å². The van der Waals surface area contributed by atoms with Gasteiger partial charge >= 0.3 is 5.97 Å². The molecule has 8 heteroatoms. The zero-order valence-corrected chi connectivity index (χ0v) is 11.9. The second-order valence-corrected chi connectivity index (χ2v) is 4.53. The molecule has 6 nitrogen and oxygen atoms in total. The Labute approximate surface area is 117 Å². The predicted octanol–water partition coefficient (Wildman–Crippen LogP) is 2.50. The van der Waals surface area contributed by atoms with Crippen LogP contribution in [0.3, 0.4) is 0 Å². The number of nitro groups is 1. The van der Waals surface area contributed by atoms with E-state index in [1.165, 1.54) is 18.0 Å². The minimum absolute atomic E-state index is 0.0869. The normalized spacial score (nSPS) is 10.1. The number of hydrogen-bond acceptors (Lipinski definition) is 5. The maximum absolute atomic E-state index is 13.3. The summed E-state index contributed by atoms with van der Waals surface area (Å²) in [6.45, 7) is 1.73. The van der Waals surface area contributed by atoms with E-state index in [1.807, 2.05) is 0 Å². The van der Waals surface area contributed by atoms with Gasteiger partial charge in [-0.1, -0.05) is 0 Å². The molecule has 104 valence electrons. The largest absolute Gasteiger partial charge is 0.465 e. The predicted molar refractivity (Wildman–Crippen MR) is 70.7 cm³/mol. The number of carbonyl (C=O) groups excluding carboxylic acids is 1. The Morgan fingerprint density at radius 3 is 2.74 bits per heavy atom. The summed E-state index contributed by atoms with van der Waals surface area (Å²) in [5, 5.41) is 10.9. The quantitative estimate of drug-likeness (QED) is 0.470. The van der Waals surface area contributed by atoms with Crippen LogP contribution in [0.15, 0.2) is 16.6 Å². The molecule has 0 aliphatic carbocycles. The molecule has 0 saturated carbocycles. The van der Waals surface area contributed by atoms with Crippen LogP contribution in [0.25, 0.3) is 0 Å². The summed E-state index contributed by atoms with van der Waals surface area (Å²) >= 11 is 2.95. The Morgan fingerprint density at radius 2 is 2.21 bits per heavy atom. The lowest BCUT2D eigenvalue weighted by molar-refractivity contribution is -0.384. The molecule has 0 heterocycles. The number of likely N-dealkylation sites (N-methyl/N-ethyl adjacent to an activating group) is 1. The van der Waals surface area contributed by atoms with Crippen LogP contribution in [0.2, 0.25) is 0 Å². The number of esters is 1. The van der Waals surface area contributed by atoms with E-state index >= 15 is 0 Å². The lowest BCUT2D eigenvalue weighted by Gasteiger charge is -2.18. The summed E-state index contributed by atoms with van der Waals surface area (Å²) in [6.07, 6.45) is 0. The number of carbonyl (C=O) groups is 1. The van der Waals surface area contributed by atoms with Gasteiger partial charge in [0.25, 0.3) is 5.69 Å². The molecule has 0 bridgehead atoms. The topological polar surface area (TPSA) is 72.7 Å². The van der Waals surface area contributed by atoms with E-state index in [4.69, 9.17) is 4.74 Å². The maximum Gasteiger partial charge on any atom is 0.325 e. The third-order valence-corrected chi connectivity index (χ3v) is 2.90. The minimum Gasteiger partial charge on any atom is -0.465 e. The number of halogens is 2. The van der Waals surface area contributed by atoms with Crippen molar-refractivity contribution in [3.05, 3.63) is 32.5 Å². The smallest absolute Gasteiger partial charge is 0.325 e. The molecule has 0 atom stereocenters. The summed E-state index contributed by atoms with van der Waals surface area (Å²) in [7, 11) is 1.49. The molecule has 1 aromatic rings. The SMILES string of the molecule is CCOC(=O)CN(C)c1cc(Br)c(F)cc1[N+](=O)[O-]. The first-order chi connectivity index (χ1) is 8.86. The first-order valence-electron chi connectivity index (χ1n) is 5.37. The second kappa shape index (κ2) is 6.46. The second-order valence-electron chi connectivity index (χ2n) is 3.67. The molecule has 0 N–H and O–H groups in total. The molecule has 0 radical (unpaired) electrons. The summed E-state index contributed by atoms with van der Waals surface area (Å²) in [6, 6.07) is 2.06. The van der Waals surface area contributed by atoms with Crippen molar-refractivity contribution in [1.29, 1.82) is 0 Å². The molecule has 19 heavy (non-hydrogen) atoms.